The standard InChI is InChI=1S/C14H15F2N3OS/c1-21-14-18-10(13(15)16)7-12(19-14)17-11(8-20)9-5-3-2-4-6-9/h2-7,11,13,20H,8H2,1H3,(H,17,18,19)/t11-/m0/s1. The van der Waals surface area contributed by atoms with E-state index in [9.17, 15) is 13.9 Å². The predicted octanol–water partition coefficient (Wildman–Crippen LogP) is 3.28. The molecule has 2 N–H and O–H groups in total. The van der Waals surface area contributed by atoms with Crippen LogP contribution in [-0.2, 0) is 0 Å². The number of alkyl halides is 2. The van der Waals surface area contributed by atoms with E-state index in [0.29, 0.717) is 0 Å². The molecule has 112 valence electrons. The molecule has 0 aliphatic rings. The molecule has 4 nitrogen and oxygen atoms in total. The van der Waals surface area contributed by atoms with E-state index in [2.05, 4.69) is 15.3 Å². The third kappa shape index (κ3) is 4.12. The van der Waals surface area contributed by atoms with Crippen molar-refractivity contribution in [3.8, 4) is 0 Å². The number of aliphatic hydroxyl groups excluding tert-OH is 1. The van der Waals surface area contributed by atoms with Crippen molar-refractivity contribution >= 4 is 17.6 Å². The van der Waals surface area contributed by atoms with Gasteiger partial charge in [0, 0.05) is 6.07 Å². The molecule has 0 aliphatic heterocycles. The molecule has 1 aromatic carbocycles. The predicted molar refractivity (Wildman–Crippen MR) is 78.7 cm³/mol. The highest BCUT2D eigenvalue weighted by atomic mass is 32.2. The van der Waals surface area contributed by atoms with E-state index in [-0.39, 0.29) is 23.3 Å². The maximum absolute atomic E-state index is 12.8. The number of aliphatic hydroxyl groups is 1. The number of nitrogens with zero attached hydrogens (tertiary/aromatic N) is 2. The van der Waals surface area contributed by atoms with Crippen LogP contribution in [0, 0.1) is 0 Å². The second-order valence-corrected chi connectivity index (χ2v) is 5.03. The highest BCUT2D eigenvalue weighted by Gasteiger charge is 2.16. The number of rotatable bonds is 6. The van der Waals surface area contributed by atoms with Gasteiger partial charge in [0.05, 0.1) is 12.6 Å². The zero-order chi connectivity index (χ0) is 15.2. The second-order valence-electron chi connectivity index (χ2n) is 4.26. The minimum absolute atomic E-state index is 0.174. The van der Waals surface area contributed by atoms with E-state index >= 15 is 0 Å². The molecule has 0 aliphatic carbocycles. The summed E-state index contributed by atoms with van der Waals surface area (Å²) in [6.45, 7) is -0.174. The molecular weight excluding hydrogens is 296 g/mol. The summed E-state index contributed by atoms with van der Waals surface area (Å²) in [5.74, 6) is 0.271. The quantitative estimate of drug-likeness (QED) is 0.633. The monoisotopic (exact) mass is 311 g/mol. The summed E-state index contributed by atoms with van der Waals surface area (Å²) in [5, 5.41) is 12.7. The van der Waals surface area contributed by atoms with Crippen LogP contribution in [-0.4, -0.2) is 27.9 Å². The van der Waals surface area contributed by atoms with Gasteiger partial charge in [0.2, 0.25) is 0 Å². The lowest BCUT2D eigenvalue weighted by Crippen LogP contribution is -2.16. The Kier molecular flexibility index (Phi) is 5.46. The smallest absolute Gasteiger partial charge is 0.280 e. The third-order valence-corrected chi connectivity index (χ3v) is 3.39. The van der Waals surface area contributed by atoms with Crippen LogP contribution in [0.15, 0.2) is 41.6 Å². The molecule has 0 amide bonds. The summed E-state index contributed by atoms with van der Waals surface area (Å²) in [6.07, 6.45) is -0.946. The van der Waals surface area contributed by atoms with E-state index in [0.717, 1.165) is 5.56 Å². The Labute approximate surface area is 125 Å². The molecule has 2 rings (SSSR count). The van der Waals surface area contributed by atoms with Gasteiger partial charge in [0.25, 0.3) is 6.43 Å². The SMILES string of the molecule is CSc1nc(N[C@@H](CO)c2ccccc2)cc(C(F)F)n1. The third-order valence-electron chi connectivity index (χ3n) is 2.84. The minimum atomic E-state index is -2.66. The molecule has 21 heavy (non-hydrogen) atoms. The van der Waals surface area contributed by atoms with Gasteiger partial charge in [0.1, 0.15) is 11.5 Å². The molecule has 1 aromatic heterocycles. The van der Waals surface area contributed by atoms with Crippen molar-refractivity contribution in [1.82, 2.24) is 9.97 Å². The Balaban J connectivity index is 2.27. The largest absolute Gasteiger partial charge is 0.394 e. The van der Waals surface area contributed by atoms with Crippen LogP contribution in [0.5, 0.6) is 0 Å². The van der Waals surface area contributed by atoms with Gasteiger partial charge >= 0.3 is 0 Å². The highest BCUT2D eigenvalue weighted by Crippen LogP contribution is 2.24. The molecule has 0 radical (unpaired) electrons. The van der Waals surface area contributed by atoms with Crippen molar-refractivity contribution in [2.24, 2.45) is 0 Å². The number of hydrogen-bond donors (Lipinski definition) is 2. The lowest BCUT2D eigenvalue weighted by atomic mass is 10.1. The van der Waals surface area contributed by atoms with Gasteiger partial charge in [-0.25, -0.2) is 18.7 Å². The van der Waals surface area contributed by atoms with Crippen LogP contribution in [0.25, 0.3) is 0 Å². The Bertz CT molecular complexity index is 584. The Morgan fingerprint density at radius 1 is 1.24 bits per heavy atom. The maximum atomic E-state index is 12.8. The van der Waals surface area contributed by atoms with Gasteiger partial charge in [-0.1, -0.05) is 42.1 Å². The van der Waals surface area contributed by atoms with Crippen LogP contribution < -0.4 is 5.32 Å². The lowest BCUT2D eigenvalue weighted by Gasteiger charge is -2.18. The topological polar surface area (TPSA) is 58.0 Å². The van der Waals surface area contributed by atoms with Gasteiger partial charge in [0.15, 0.2) is 5.16 Å². The molecule has 2 aromatic rings. The first kappa shape index (κ1) is 15.7. The first-order chi connectivity index (χ1) is 10.1. The molecule has 7 heteroatoms. The average molecular weight is 311 g/mol. The van der Waals surface area contributed by atoms with Crippen molar-refractivity contribution in [2.75, 3.05) is 18.2 Å². The van der Waals surface area contributed by atoms with Crippen molar-refractivity contribution < 1.29 is 13.9 Å². The number of halogens is 2. The molecule has 0 fully saturated rings. The van der Waals surface area contributed by atoms with E-state index in [1.54, 1.807) is 6.26 Å². The van der Waals surface area contributed by atoms with E-state index in [1.807, 2.05) is 30.3 Å². The average Bonchev–Trinajstić information content (AvgIpc) is 2.53. The summed E-state index contributed by atoms with van der Waals surface area (Å²) in [7, 11) is 0. The Hall–Kier alpha value is -1.73. The van der Waals surface area contributed by atoms with E-state index in [4.69, 9.17) is 0 Å². The molecule has 0 bridgehead atoms. The Morgan fingerprint density at radius 2 is 1.95 bits per heavy atom. The molecule has 1 atom stereocenters. The van der Waals surface area contributed by atoms with Gasteiger partial charge in [-0.2, -0.15) is 0 Å². The fourth-order valence-electron chi connectivity index (χ4n) is 1.82. The number of nitrogens with one attached hydrogen (secondary N) is 1. The fraction of sp³-hybridized carbons (Fsp3) is 0.286. The molecule has 0 saturated carbocycles. The number of anilines is 1. The fourth-order valence-corrected chi connectivity index (χ4v) is 2.20. The van der Waals surface area contributed by atoms with Crippen molar-refractivity contribution in [2.45, 2.75) is 17.6 Å². The molecular formula is C14H15F2N3OS. The summed E-state index contributed by atoms with van der Waals surface area (Å²) < 4.78 is 25.7. The second kappa shape index (κ2) is 7.33. The van der Waals surface area contributed by atoms with Gasteiger partial charge < -0.3 is 10.4 Å². The maximum Gasteiger partial charge on any atom is 0.280 e. The first-order valence-electron chi connectivity index (χ1n) is 6.27. The Morgan fingerprint density at radius 3 is 2.52 bits per heavy atom. The number of thioether (sulfide) groups is 1. The number of benzene rings is 1. The first-order valence-corrected chi connectivity index (χ1v) is 7.50. The molecule has 1 heterocycles. The lowest BCUT2D eigenvalue weighted by molar-refractivity contribution is 0.145. The molecule has 0 saturated heterocycles. The van der Waals surface area contributed by atoms with Crippen LogP contribution >= 0.6 is 11.8 Å². The number of aromatic nitrogens is 2. The van der Waals surface area contributed by atoms with Crippen molar-refractivity contribution in [3.05, 3.63) is 47.7 Å². The van der Waals surface area contributed by atoms with Gasteiger partial charge in [-0.05, 0) is 11.8 Å². The summed E-state index contributed by atoms with van der Waals surface area (Å²) in [6, 6.07) is 10.0. The molecule has 0 spiro atoms. The van der Waals surface area contributed by atoms with Crippen LogP contribution in [0.3, 0.4) is 0 Å². The minimum Gasteiger partial charge on any atom is -0.394 e. The zero-order valence-electron chi connectivity index (χ0n) is 11.3. The molecule has 0 unspecified atom stereocenters. The van der Waals surface area contributed by atoms with Crippen molar-refractivity contribution in [1.29, 1.82) is 0 Å². The van der Waals surface area contributed by atoms with E-state index < -0.39 is 12.5 Å². The van der Waals surface area contributed by atoms with Gasteiger partial charge in [-0.15, -0.1) is 0 Å². The number of hydrogen-bond acceptors (Lipinski definition) is 5. The summed E-state index contributed by atoms with van der Waals surface area (Å²) in [4.78, 5) is 7.90. The normalized spacial score (nSPS) is 12.4. The summed E-state index contributed by atoms with van der Waals surface area (Å²) >= 11 is 1.19. The van der Waals surface area contributed by atoms with Gasteiger partial charge in [-0.3, -0.25) is 0 Å². The van der Waals surface area contributed by atoms with Crippen LogP contribution in [0.1, 0.15) is 23.7 Å². The summed E-state index contributed by atoms with van der Waals surface area (Å²) in [5.41, 5.74) is 0.518. The highest BCUT2D eigenvalue weighted by molar-refractivity contribution is 7.98. The van der Waals surface area contributed by atoms with Crippen molar-refractivity contribution in [3.63, 3.8) is 0 Å². The zero-order valence-corrected chi connectivity index (χ0v) is 12.1. The van der Waals surface area contributed by atoms with Crippen LogP contribution in [0.4, 0.5) is 14.6 Å². The van der Waals surface area contributed by atoms with Crippen LogP contribution in [0.2, 0.25) is 0 Å². The van der Waals surface area contributed by atoms with E-state index in [1.165, 1.54) is 17.8 Å².